The van der Waals surface area contributed by atoms with Gasteiger partial charge in [0.1, 0.15) is 5.69 Å². The molecule has 0 amide bonds. The standard InChI is InChI=1S/C15H18N4/c1-10-5-4-8-14(18-10)15-17-9-11-12(16)6-2-3-7-13(11)19-15/h4-5,8-9,12H,2-3,6-7,16H2,1H3. The van der Waals surface area contributed by atoms with Crippen molar-refractivity contribution in [2.45, 2.75) is 38.6 Å². The molecule has 0 bridgehead atoms. The Bertz CT molecular complexity index is 594. The van der Waals surface area contributed by atoms with E-state index in [9.17, 15) is 0 Å². The molecule has 4 nitrogen and oxygen atoms in total. The minimum atomic E-state index is 0.0806. The van der Waals surface area contributed by atoms with E-state index in [-0.39, 0.29) is 6.04 Å². The molecule has 2 aromatic heterocycles. The number of fused-ring (bicyclic) bond motifs is 1. The average Bonchev–Trinajstić information content (AvgIpc) is 2.60. The molecule has 2 heterocycles. The highest BCUT2D eigenvalue weighted by Gasteiger charge is 2.18. The van der Waals surface area contributed by atoms with Crippen LogP contribution in [0.2, 0.25) is 0 Å². The smallest absolute Gasteiger partial charge is 0.178 e. The van der Waals surface area contributed by atoms with E-state index in [1.165, 1.54) is 0 Å². The van der Waals surface area contributed by atoms with Gasteiger partial charge in [0.25, 0.3) is 0 Å². The summed E-state index contributed by atoms with van der Waals surface area (Å²) in [6.45, 7) is 1.98. The van der Waals surface area contributed by atoms with Crippen molar-refractivity contribution in [3.05, 3.63) is 41.3 Å². The van der Waals surface area contributed by atoms with Gasteiger partial charge < -0.3 is 5.73 Å². The fourth-order valence-corrected chi connectivity index (χ4v) is 2.54. The van der Waals surface area contributed by atoms with Gasteiger partial charge in [-0.05, 0) is 38.3 Å². The zero-order valence-corrected chi connectivity index (χ0v) is 11.1. The maximum atomic E-state index is 6.16. The molecule has 0 aromatic carbocycles. The molecule has 2 N–H and O–H groups in total. The molecule has 0 saturated heterocycles. The number of hydrogen-bond acceptors (Lipinski definition) is 4. The highest BCUT2D eigenvalue weighted by molar-refractivity contribution is 5.49. The summed E-state index contributed by atoms with van der Waals surface area (Å²) in [6.07, 6.45) is 6.22. The van der Waals surface area contributed by atoms with Gasteiger partial charge in [-0.3, -0.25) is 0 Å². The van der Waals surface area contributed by atoms with E-state index < -0.39 is 0 Å². The Morgan fingerprint density at radius 1 is 1.21 bits per heavy atom. The maximum absolute atomic E-state index is 6.16. The van der Waals surface area contributed by atoms with Gasteiger partial charge in [0.15, 0.2) is 5.82 Å². The molecule has 1 atom stereocenters. The summed E-state index contributed by atoms with van der Waals surface area (Å²) >= 11 is 0. The van der Waals surface area contributed by atoms with Gasteiger partial charge in [-0.2, -0.15) is 0 Å². The van der Waals surface area contributed by atoms with Crippen LogP contribution in [0.3, 0.4) is 0 Å². The van der Waals surface area contributed by atoms with Gasteiger partial charge in [-0.25, -0.2) is 15.0 Å². The van der Waals surface area contributed by atoms with E-state index in [4.69, 9.17) is 5.73 Å². The normalized spacial score (nSPS) is 18.7. The summed E-state index contributed by atoms with van der Waals surface area (Å²) in [5, 5.41) is 0. The highest BCUT2D eigenvalue weighted by Crippen LogP contribution is 2.26. The van der Waals surface area contributed by atoms with Gasteiger partial charge in [0.2, 0.25) is 0 Å². The minimum absolute atomic E-state index is 0.0806. The van der Waals surface area contributed by atoms with Crippen molar-refractivity contribution in [2.75, 3.05) is 0 Å². The summed E-state index contributed by atoms with van der Waals surface area (Å²) in [6, 6.07) is 5.99. The Morgan fingerprint density at radius 3 is 2.95 bits per heavy atom. The van der Waals surface area contributed by atoms with Gasteiger partial charge in [-0.15, -0.1) is 0 Å². The van der Waals surface area contributed by atoms with Crippen molar-refractivity contribution < 1.29 is 0 Å². The third kappa shape index (κ3) is 2.49. The van der Waals surface area contributed by atoms with Crippen LogP contribution in [0, 0.1) is 6.92 Å². The molecule has 1 unspecified atom stereocenters. The van der Waals surface area contributed by atoms with Crippen LogP contribution in [0.4, 0.5) is 0 Å². The molecule has 0 radical (unpaired) electrons. The number of nitrogens with two attached hydrogens (primary N) is 1. The number of rotatable bonds is 1. The van der Waals surface area contributed by atoms with Crippen LogP contribution in [0.25, 0.3) is 11.5 Å². The molecule has 4 heteroatoms. The average molecular weight is 254 g/mol. The summed E-state index contributed by atoms with van der Waals surface area (Å²) in [7, 11) is 0. The number of aryl methyl sites for hydroxylation is 2. The van der Waals surface area contributed by atoms with Crippen molar-refractivity contribution in [1.29, 1.82) is 0 Å². The first-order valence-corrected chi connectivity index (χ1v) is 6.79. The fraction of sp³-hybridized carbons (Fsp3) is 0.400. The number of nitrogens with zero attached hydrogens (tertiary/aromatic N) is 3. The van der Waals surface area contributed by atoms with Crippen LogP contribution >= 0.6 is 0 Å². The Morgan fingerprint density at radius 2 is 2.11 bits per heavy atom. The summed E-state index contributed by atoms with van der Waals surface area (Å²) in [5.41, 5.74) is 10.2. The van der Waals surface area contributed by atoms with Gasteiger partial charge in [0, 0.05) is 29.2 Å². The van der Waals surface area contributed by atoms with Crippen molar-refractivity contribution in [2.24, 2.45) is 5.73 Å². The Kier molecular flexibility index (Phi) is 3.25. The molecule has 1 aliphatic carbocycles. The lowest BCUT2D eigenvalue weighted by atomic mass is 10.1. The van der Waals surface area contributed by atoms with E-state index in [0.717, 1.165) is 48.3 Å². The highest BCUT2D eigenvalue weighted by atomic mass is 14.9. The Labute approximate surface area is 113 Å². The third-order valence-electron chi connectivity index (χ3n) is 3.60. The number of pyridine rings is 1. The van der Waals surface area contributed by atoms with Gasteiger partial charge in [-0.1, -0.05) is 12.5 Å². The van der Waals surface area contributed by atoms with Crippen LogP contribution in [-0.2, 0) is 6.42 Å². The topological polar surface area (TPSA) is 64.7 Å². The van der Waals surface area contributed by atoms with Crippen molar-refractivity contribution >= 4 is 0 Å². The lowest BCUT2D eigenvalue weighted by Gasteiger charge is -2.12. The van der Waals surface area contributed by atoms with Crippen molar-refractivity contribution in [3.63, 3.8) is 0 Å². The van der Waals surface area contributed by atoms with E-state index in [1.54, 1.807) is 0 Å². The van der Waals surface area contributed by atoms with E-state index >= 15 is 0 Å². The molecular formula is C15H18N4. The summed E-state index contributed by atoms with van der Waals surface area (Å²) in [5.74, 6) is 0.705. The monoisotopic (exact) mass is 254 g/mol. The first-order chi connectivity index (χ1) is 9.24. The maximum Gasteiger partial charge on any atom is 0.178 e. The summed E-state index contributed by atoms with van der Waals surface area (Å²) < 4.78 is 0. The third-order valence-corrected chi connectivity index (χ3v) is 3.60. The molecule has 1 aliphatic rings. The lowest BCUT2D eigenvalue weighted by molar-refractivity contribution is 0.614. The van der Waals surface area contributed by atoms with Crippen LogP contribution in [0.5, 0.6) is 0 Å². The predicted octanol–water partition coefficient (Wildman–Crippen LogP) is 2.57. The number of hydrogen-bond donors (Lipinski definition) is 1. The number of aromatic nitrogens is 3. The first kappa shape index (κ1) is 12.2. The van der Waals surface area contributed by atoms with E-state index in [0.29, 0.717) is 5.82 Å². The quantitative estimate of drug-likeness (QED) is 0.794. The fourth-order valence-electron chi connectivity index (χ4n) is 2.54. The van der Waals surface area contributed by atoms with Crippen LogP contribution in [0.1, 0.15) is 42.3 Å². The van der Waals surface area contributed by atoms with E-state index in [1.807, 2.05) is 31.3 Å². The molecule has 0 spiro atoms. The van der Waals surface area contributed by atoms with Gasteiger partial charge >= 0.3 is 0 Å². The largest absolute Gasteiger partial charge is 0.324 e. The molecular weight excluding hydrogens is 236 g/mol. The second kappa shape index (κ2) is 5.05. The Hall–Kier alpha value is -1.81. The van der Waals surface area contributed by atoms with Crippen LogP contribution < -0.4 is 5.73 Å². The molecule has 19 heavy (non-hydrogen) atoms. The molecule has 98 valence electrons. The second-order valence-corrected chi connectivity index (χ2v) is 5.11. The summed E-state index contributed by atoms with van der Waals surface area (Å²) in [4.78, 5) is 13.6. The van der Waals surface area contributed by atoms with Crippen LogP contribution in [-0.4, -0.2) is 15.0 Å². The minimum Gasteiger partial charge on any atom is -0.324 e. The molecule has 0 aliphatic heterocycles. The molecule has 2 aromatic rings. The molecule has 3 rings (SSSR count). The van der Waals surface area contributed by atoms with E-state index in [2.05, 4.69) is 15.0 Å². The first-order valence-electron chi connectivity index (χ1n) is 6.79. The zero-order valence-electron chi connectivity index (χ0n) is 11.1. The Balaban J connectivity index is 2.03. The molecule has 0 saturated carbocycles. The second-order valence-electron chi connectivity index (χ2n) is 5.11. The SMILES string of the molecule is Cc1cccc(-c2ncc3c(n2)CCCCC3N)n1. The van der Waals surface area contributed by atoms with Crippen molar-refractivity contribution in [3.8, 4) is 11.5 Å². The van der Waals surface area contributed by atoms with Crippen molar-refractivity contribution in [1.82, 2.24) is 15.0 Å². The van der Waals surface area contributed by atoms with Gasteiger partial charge in [0.05, 0.1) is 0 Å². The lowest BCUT2D eigenvalue weighted by Crippen LogP contribution is -2.12. The van der Waals surface area contributed by atoms with Crippen LogP contribution in [0.15, 0.2) is 24.4 Å². The predicted molar refractivity (Wildman–Crippen MR) is 74.5 cm³/mol. The molecule has 0 fully saturated rings. The zero-order chi connectivity index (χ0) is 13.2.